The molecule has 0 aromatic heterocycles. The molecule has 10 heteroatoms. The molecule has 4 heterocycles. The lowest BCUT2D eigenvalue weighted by molar-refractivity contribution is -0.149. The van der Waals surface area contributed by atoms with Crippen LogP contribution in [0.2, 0.25) is 0 Å². The van der Waals surface area contributed by atoms with Gasteiger partial charge < -0.3 is 29.3 Å². The molecule has 4 rings (SSSR count). The number of rotatable bonds is 17. The predicted molar refractivity (Wildman–Crippen MR) is 156 cm³/mol. The topological polar surface area (TPSA) is 103 Å². The summed E-state index contributed by atoms with van der Waals surface area (Å²) in [6.07, 6.45) is 8.33. The Morgan fingerprint density at radius 3 is 2.37 bits per heavy atom. The Hall–Kier alpha value is -2.27. The Kier molecular flexibility index (Phi) is 11.4. The number of aliphatic hydroxyl groups excluding tert-OH is 1. The lowest BCUT2D eigenvalue weighted by atomic mass is 9.70. The van der Waals surface area contributed by atoms with Gasteiger partial charge in [0.1, 0.15) is 11.6 Å². The average Bonchev–Trinajstić information content (AvgIpc) is 3.62. The number of hydrogen-bond acceptors (Lipinski definition) is 7. The van der Waals surface area contributed by atoms with Crippen molar-refractivity contribution in [3.05, 3.63) is 25.3 Å². The first-order valence-electron chi connectivity index (χ1n) is 15.6. The zero-order valence-corrected chi connectivity index (χ0v) is 24.9. The molecule has 1 N–H and O–H groups in total. The second kappa shape index (κ2) is 14.8. The van der Waals surface area contributed by atoms with E-state index in [1.54, 1.807) is 22.0 Å². The molecule has 0 aliphatic carbocycles. The Labute approximate surface area is 245 Å². The first-order chi connectivity index (χ1) is 19.9. The molecule has 4 fully saturated rings. The third-order valence-corrected chi connectivity index (χ3v) is 9.23. The van der Waals surface area contributed by atoms with Gasteiger partial charge in [-0.1, -0.05) is 31.9 Å². The van der Waals surface area contributed by atoms with Gasteiger partial charge in [-0.25, -0.2) is 0 Å². The van der Waals surface area contributed by atoms with Crippen LogP contribution in [0, 0.1) is 11.8 Å². The number of nitrogens with zero attached hydrogens (tertiary/aromatic N) is 4. The maximum atomic E-state index is 14.5. The van der Waals surface area contributed by atoms with E-state index in [1.165, 1.54) is 0 Å². The van der Waals surface area contributed by atoms with Crippen LogP contribution in [-0.4, -0.2) is 132 Å². The molecular weight excluding hydrogens is 524 g/mol. The minimum absolute atomic E-state index is 0.0667. The van der Waals surface area contributed by atoms with Crippen molar-refractivity contribution >= 4 is 17.7 Å². The molecule has 0 aromatic carbocycles. The fourth-order valence-corrected chi connectivity index (χ4v) is 7.34. The number of hydrogen-bond donors (Lipinski definition) is 1. The van der Waals surface area contributed by atoms with E-state index in [0.29, 0.717) is 58.8 Å². The number of carbonyl (C=O) groups is 3. The van der Waals surface area contributed by atoms with Crippen LogP contribution in [0.25, 0.3) is 0 Å². The lowest BCUT2D eigenvalue weighted by Crippen LogP contribution is -2.57. The van der Waals surface area contributed by atoms with Crippen LogP contribution in [0.15, 0.2) is 25.3 Å². The van der Waals surface area contributed by atoms with Crippen molar-refractivity contribution in [2.45, 2.75) is 69.6 Å². The normalized spacial score (nSPS) is 29.0. The van der Waals surface area contributed by atoms with E-state index in [1.807, 2.05) is 11.8 Å². The molecule has 230 valence electrons. The van der Waals surface area contributed by atoms with Crippen molar-refractivity contribution in [3.8, 4) is 0 Å². The van der Waals surface area contributed by atoms with Gasteiger partial charge in [-0.3, -0.25) is 19.3 Å². The summed E-state index contributed by atoms with van der Waals surface area (Å²) in [6, 6.07) is -0.760. The highest BCUT2D eigenvalue weighted by Gasteiger charge is 2.74. The summed E-state index contributed by atoms with van der Waals surface area (Å²) in [6.45, 7) is 16.0. The lowest BCUT2D eigenvalue weighted by Gasteiger charge is -2.37. The Morgan fingerprint density at radius 2 is 1.71 bits per heavy atom. The van der Waals surface area contributed by atoms with Crippen LogP contribution in [0.5, 0.6) is 0 Å². The monoisotopic (exact) mass is 574 g/mol. The fourth-order valence-electron chi connectivity index (χ4n) is 7.34. The maximum absolute atomic E-state index is 14.5. The Balaban J connectivity index is 1.61. The van der Waals surface area contributed by atoms with E-state index in [0.717, 1.165) is 51.7 Å². The van der Waals surface area contributed by atoms with Gasteiger partial charge in [-0.05, 0) is 32.1 Å². The molecule has 4 saturated heterocycles. The number of ether oxygens (including phenoxy) is 2. The smallest absolute Gasteiger partial charge is 0.248 e. The predicted octanol–water partition coefficient (Wildman–Crippen LogP) is 1.69. The maximum Gasteiger partial charge on any atom is 0.248 e. The van der Waals surface area contributed by atoms with Gasteiger partial charge in [-0.15, -0.1) is 13.2 Å². The zero-order valence-electron chi connectivity index (χ0n) is 24.9. The van der Waals surface area contributed by atoms with E-state index in [-0.39, 0.29) is 30.4 Å². The second-order valence-electron chi connectivity index (χ2n) is 11.8. The van der Waals surface area contributed by atoms with Crippen molar-refractivity contribution in [1.82, 2.24) is 19.6 Å². The first-order valence-corrected chi connectivity index (χ1v) is 15.6. The first kappa shape index (κ1) is 31.7. The number of fused-ring (bicyclic) bond motifs is 1. The van der Waals surface area contributed by atoms with Crippen molar-refractivity contribution in [2.24, 2.45) is 11.8 Å². The van der Waals surface area contributed by atoms with Crippen molar-refractivity contribution in [1.29, 1.82) is 0 Å². The van der Waals surface area contributed by atoms with Gasteiger partial charge in [0.25, 0.3) is 0 Å². The third kappa shape index (κ3) is 6.55. The van der Waals surface area contributed by atoms with Crippen molar-refractivity contribution < 1.29 is 29.0 Å². The highest BCUT2D eigenvalue weighted by Crippen LogP contribution is 2.59. The molecule has 0 aromatic rings. The molecule has 10 nitrogen and oxygen atoms in total. The van der Waals surface area contributed by atoms with Gasteiger partial charge in [0, 0.05) is 59.0 Å². The number of amides is 3. The summed E-state index contributed by atoms with van der Waals surface area (Å²) in [5.74, 6) is -1.56. The molecule has 3 amide bonds. The summed E-state index contributed by atoms with van der Waals surface area (Å²) in [4.78, 5) is 50.2. The minimum Gasteiger partial charge on any atom is -0.396 e. The number of morpholine rings is 1. The van der Waals surface area contributed by atoms with Crippen LogP contribution in [0.3, 0.4) is 0 Å². The van der Waals surface area contributed by atoms with Crippen LogP contribution in [0.4, 0.5) is 0 Å². The SMILES string of the molecule is C=CCN(CCN1CCOCC1)C(=O)C1N(CCCCCCO)C(=O)[C@@H]2[C@H](C(=O)N(CC=C)CCC)[C@@H]3CCC12O3. The highest BCUT2D eigenvalue weighted by atomic mass is 16.5. The molecule has 2 bridgehead atoms. The number of aliphatic hydroxyl groups is 1. The summed E-state index contributed by atoms with van der Waals surface area (Å²) in [5.41, 5.74) is -0.991. The summed E-state index contributed by atoms with van der Waals surface area (Å²) in [5, 5.41) is 9.18. The van der Waals surface area contributed by atoms with E-state index < -0.39 is 23.5 Å². The number of carbonyl (C=O) groups excluding carboxylic acids is 3. The molecular formula is C31H50N4O6. The quantitative estimate of drug-likeness (QED) is 0.208. The molecule has 4 aliphatic heterocycles. The van der Waals surface area contributed by atoms with Crippen LogP contribution in [-0.2, 0) is 23.9 Å². The van der Waals surface area contributed by atoms with Crippen LogP contribution >= 0.6 is 0 Å². The molecule has 41 heavy (non-hydrogen) atoms. The summed E-state index contributed by atoms with van der Waals surface area (Å²) >= 11 is 0. The minimum atomic E-state index is -0.991. The van der Waals surface area contributed by atoms with Gasteiger partial charge in [0.15, 0.2) is 0 Å². The zero-order chi connectivity index (χ0) is 29.4. The summed E-state index contributed by atoms with van der Waals surface area (Å²) in [7, 11) is 0. The molecule has 0 radical (unpaired) electrons. The summed E-state index contributed by atoms with van der Waals surface area (Å²) < 4.78 is 12.1. The van der Waals surface area contributed by atoms with Gasteiger partial charge in [0.2, 0.25) is 17.7 Å². The van der Waals surface area contributed by atoms with E-state index >= 15 is 0 Å². The van der Waals surface area contributed by atoms with Crippen LogP contribution in [0.1, 0.15) is 51.9 Å². The molecule has 5 atom stereocenters. The Bertz CT molecular complexity index is 940. The molecule has 1 spiro atoms. The Morgan fingerprint density at radius 1 is 1.02 bits per heavy atom. The number of likely N-dealkylation sites (tertiary alicyclic amines) is 1. The largest absolute Gasteiger partial charge is 0.396 e. The van der Waals surface area contributed by atoms with Gasteiger partial charge in [-0.2, -0.15) is 0 Å². The molecule has 4 aliphatic rings. The highest BCUT2D eigenvalue weighted by molar-refractivity contribution is 5.99. The van der Waals surface area contributed by atoms with Gasteiger partial charge >= 0.3 is 0 Å². The fraction of sp³-hybridized carbons (Fsp3) is 0.774. The van der Waals surface area contributed by atoms with Crippen LogP contribution < -0.4 is 0 Å². The van der Waals surface area contributed by atoms with Crippen molar-refractivity contribution in [3.63, 3.8) is 0 Å². The van der Waals surface area contributed by atoms with Gasteiger partial charge in [0.05, 0.1) is 31.2 Å². The van der Waals surface area contributed by atoms with E-state index in [2.05, 4.69) is 18.1 Å². The second-order valence-corrected chi connectivity index (χ2v) is 11.8. The average molecular weight is 575 g/mol. The molecule has 2 unspecified atom stereocenters. The van der Waals surface area contributed by atoms with E-state index in [9.17, 15) is 19.5 Å². The third-order valence-electron chi connectivity index (χ3n) is 9.23. The van der Waals surface area contributed by atoms with Crippen molar-refractivity contribution in [2.75, 3.05) is 72.2 Å². The number of unbranched alkanes of at least 4 members (excludes halogenated alkanes) is 3. The van der Waals surface area contributed by atoms with E-state index in [4.69, 9.17) is 9.47 Å². The molecule has 0 saturated carbocycles. The standard InChI is InChI=1S/C31H50N4O6/c1-4-13-33(14-5-2)28(37)25-24-11-12-31(41-24)26(25)29(38)35(16-9-7-8-10-21-36)27(31)30(39)34(15-6-3)18-17-32-19-22-40-23-20-32/h4,6,24-27,36H,1,3,5,7-23H2,2H3/t24-,25+,26-,27?,31?/m0/s1.